The molecule has 0 aliphatic carbocycles. The van der Waals surface area contributed by atoms with Gasteiger partial charge in [0.1, 0.15) is 0 Å². The summed E-state index contributed by atoms with van der Waals surface area (Å²) in [5.41, 5.74) is 6.23. The first-order valence-electron chi connectivity index (χ1n) is 6.42. The number of nitrogens with zero attached hydrogens (tertiary/aromatic N) is 2. The standard InChI is InChI=1S/C15H21N3/c1-5-16-9-13-6-7-14(11(2)8-13)15-10-18(4)17-12(15)3/h6-8,10,16H,5,9H2,1-4H3. The van der Waals surface area contributed by atoms with Gasteiger partial charge in [0.05, 0.1) is 5.69 Å². The molecule has 1 heterocycles. The summed E-state index contributed by atoms with van der Waals surface area (Å²) in [7, 11) is 1.96. The van der Waals surface area contributed by atoms with E-state index < -0.39 is 0 Å². The van der Waals surface area contributed by atoms with Gasteiger partial charge in [-0.2, -0.15) is 5.10 Å². The van der Waals surface area contributed by atoms with Crippen LogP contribution in [0.2, 0.25) is 0 Å². The van der Waals surface area contributed by atoms with E-state index in [9.17, 15) is 0 Å². The molecule has 3 heteroatoms. The van der Waals surface area contributed by atoms with E-state index in [1.165, 1.54) is 22.3 Å². The summed E-state index contributed by atoms with van der Waals surface area (Å²) in [5.74, 6) is 0. The van der Waals surface area contributed by atoms with E-state index in [1.807, 2.05) is 11.7 Å². The van der Waals surface area contributed by atoms with Crippen LogP contribution in [0.1, 0.15) is 23.7 Å². The molecule has 0 spiro atoms. The predicted octanol–water partition coefficient (Wildman–Crippen LogP) is 2.81. The monoisotopic (exact) mass is 243 g/mol. The molecule has 1 aromatic heterocycles. The maximum Gasteiger partial charge on any atom is 0.0672 e. The molecule has 0 unspecified atom stereocenters. The molecule has 1 aromatic carbocycles. The molecule has 96 valence electrons. The molecule has 1 N–H and O–H groups in total. The molecule has 3 nitrogen and oxygen atoms in total. The Labute approximate surface area is 109 Å². The third-order valence-electron chi connectivity index (χ3n) is 3.17. The van der Waals surface area contributed by atoms with Crippen molar-refractivity contribution in [3.05, 3.63) is 41.2 Å². The molecule has 0 radical (unpaired) electrons. The lowest BCUT2D eigenvalue weighted by molar-refractivity contribution is 0.726. The van der Waals surface area contributed by atoms with Gasteiger partial charge in [-0.15, -0.1) is 0 Å². The van der Waals surface area contributed by atoms with E-state index in [2.05, 4.69) is 55.6 Å². The van der Waals surface area contributed by atoms with Crippen LogP contribution in [-0.2, 0) is 13.6 Å². The van der Waals surface area contributed by atoms with E-state index in [0.717, 1.165) is 18.8 Å². The molecule has 0 saturated heterocycles. The molecule has 0 amide bonds. The number of rotatable bonds is 4. The Kier molecular flexibility index (Phi) is 3.82. The molecule has 18 heavy (non-hydrogen) atoms. The fraction of sp³-hybridized carbons (Fsp3) is 0.400. The van der Waals surface area contributed by atoms with Gasteiger partial charge in [0, 0.05) is 25.4 Å². The number of benzene rings is 1. The van der Waals surface area contributed by atoms with E-state index >= 15 is 0 Å². The molecular formula is C15H21N3. The Hall–Kier alpha value is -1.61. The summed E-state index contributed by atoms with van der Waals surface area (Å²) >= 11 is 0. The first kappa shape index (κ1) is 12.8. The largest absolute Gasteiger partial charge is 0.313 e. The zero-order chi connectivity index (χ0) is 13.1. The fourth-order valence-corrected chi connectivity index (χ4v) is 2.27. The first-order valence-corrected chi connectivity index (χ1v) is 6.42. The number of hydrogen-bond acceptors (Lipinski definition) is 2. The van der Waals surface area contributed by atoms with Gasteiger partial charge in [0.25, 0.3) is 0 Å². The Bertz CT molecular complexity index is 541. The number of nitrogens with one attached hydrogen (secondary N) is 1. The lowest BCUT2D eigenvalue weighted by Crippen LogP contribution is -2.11. The normalized spacial score (nSPS) is 10.9. The van der Waals surface area contributed by atoms with Crippen LogP contribution in [0, 0.1) is 13.8 Å². The van der Waals surface area contributed by atoms with Gasteiger partial charge >= 0.3 is 0 Å². The van der Waals surface area contributed by atoms with Crippen molar-refractivity contribution in [2.24, 2.45) is 7.05 Å². The molecule has 0 bridgehead atoms. The Morgan fingerprint density at radius 2 is 2.00 bits per heavy atom. The summed E-state index contributed by atoms with van der Waals surface area (Å²) in [6.07, 6.45) is 2.08. The predicted molar refractivity (Wildman–Crippen MR) is 75.5 cm³/mol. The fourth-order valence-electron chi connectivity index (χ4n) is 2.27. The van der Waals surface area contributed by atoms with Crippen LogP contribution in [-0.4, -0.2) is 16.3 Å². The van der Waals surface area contributed by atoms with Crippen molar-refractivity contribution in [2.75, 3.05) is 6.54 Å². The average Bonchev–Trinajstić information content (AvgIpc) is 2.66. The quantitative estimate of drug-likeness (QED) is 0.895. The number of aryl methyl sites for hydroxylation is 3. The summed E-state index contributed by atoms with van der Waals surface area (Å²) in [6.45, 7) is 8.28. The maximum absolute atomic E-state index is 4.40. The topological polar surface area (TPSA) is 29.9 Å². The van der Waals surface area contributed by atoms with Crippen molar-refractivity contribution < 1.29 is 0 Å². The van der Waals surface area contributed by atoms with Crippen LogP contribution in [0.4, 0.5) is 0 Å². The minimum Gasteiger partial charge on any atom is -0.313 e. The van der Waals surface area contributed by atoms with Crippen LogP contribution >= 0.6 is 0 Å². The van der Waals surface area contributed by atoms with Crippen molar-refractivity contribution in [1.29, 1.82) is 0 Å². The van der Waals surface area contributed by atoms with Crippen molar-refractivity contribution in [2.45, 2.75) is 27.3 Å². The van der Waals surface area contributed by atoms with Crippen molar-refractivity contribution in [1.82, 2.24) is 15.1 Å². The Balaban J connectivity index is 2.32. The van der Waals surface area contributed by atoms with E-state index in [-0.39, 0.29) is 0 Å². The summed E-state index contributed by atoms with van der Waals surface area (Å²) in [5, 5.41) is 7.75. The van der Waals surface area contributed by atoms with Gasteiger partial charge in [-0.25, -0.2) is 0 Å². The highest BCUT2D eigenvalue weighted by molar-refractivity contribution is 5.69. The second kappa shape index (κ2) is 5.36. The molecule has 0 atom stereocenters. The summed E-state index contributed by atoms with van der Waals surface area (Å²) in [4.78, 5) is 0. The number of aromatic nitrogens is 2. The molecular weight excluding hydrogens is 222 g/mol. The number of hydrogen-bond donors (Lipinski definition) is 1. The minimum atomic E-state index is 0.934. The van der Waals surface area contributed by atoms with Gasteiger partial charge in [0.15, 0.2) is 0 Å². The Morgan fingerprint density at radius 1 is 1.22 bits per heavy atom. The second-order valence-corrected chi connectivity index (χ2v) is 4.73. The van der Waals surface area contributed by atoms with Gasteiger partial charge in [-0.05, 0) is 37.1 Å². The van der Waals surface area contributed by atoms with Crippen molar-refractivity contribution in [3.63, 3.8) is 0 Å². The van der Waals surface area contributed by atoms with E-state index in [1.54, 1.807) is 0 Å². The highest BCUT2D eigenvalue weighted by Gasteiger charge is 2.08. The van der Waals surface area contributed by atoms with Crippen LogP contribution in [0.15, 0.2) is 24.4 Å². The van der Waals surface area contributed by atoms with Gasteiger partial charge in [-0.1, -0.05) is 25.1 Å². The summed E-state index contributed by atoms with van der Waals surface area (Å²) < 4.78 is 1.87. The highest BCUT2D eigenvalue weighted by atomic mass is 15.2. The van der Waals surface area contributed by atoms with Crippen LogP contribution in [0.5, 0.6) is 0 Å². The van der Waals surface area contributed by atoms with Crippen LogP contribution in [0.3, 0.4) is 0 Å². The second-order valence-electron chi connectivity index (χ2n) is 4.73. The van der Waals surface area contributed by atoms with Crippen LogP contribution < -0.4 is 5.32 Å². The average molecular weight is 243 g/mol. The maximum atomic E-state index is 4.40. The van der Waals surface area contributed by atoms with Gasteiger partial charge in [-0.3, -0.25) is 4.68 Å². The molecule has 2 aromatic rings. The van der Waals surface area contributed by atoms with Gasteiger partial charge in [0.2, 0.25) is 0 Å². The van der Waals surface area contributed by atoms with Gasteiger partial charge < -0.3 is 5.32 Å². The smallest absolute Gasteiger partial charge is 0.0672 e. The third-order valence-corrected chi connectivity index (χ3v) is 3.17. The van der Waals surface area contributed by atoms with E-state index in [4.69, 9.17) is 0 Å². The highest BCUT2D eigenvalue weighted by Crippen LogP contribution is 2.26. The molecule has 0 aliphatic heterocycles. The molecule has 0 saturated carbocycles. The SMILES string of the molecule is CCNCc1ccc(-c2cn(C)nc2C)c(C)c1. The minimum absolute atomic E-state index is 0.934. The lowest BCUT2D eigenvalue weighted by Gasteiger charge is -2.08. The van der Waals surface area contributed by atoms with Crippen molar-refractivity contribution >= 4 is 0 Å². The molecule has 0 aliphatic rings. The lowest BCUT2D eigenvalue weighted by atomic mass is 9.99. The third kappa shape index (κ3) is 2.62. The molecule has 2 rings (SSSR count). The van der Waals surface area contributed by atoms with Crippen molar-refractivity contribution in [3.8, 4) is 11.1 Å². The zero-order valence-corrected chi connectivity index (χ0v) is 11.6. The Morgan fingerprint density at radius 3 is 2.56 bits per heavy atom. The zero-order valence-electron chi connectivity index (χ0n) is 11.6. The summed E-state index contributed by atoms with van der Waals surface area (Å²) in [6, 6.07) is 6.65. The van der Waals surface area contributed by atoms with Crippen LogP contribution in [0.25, 0.3) is 11.1 Å². The first-order chi connectivity index (χ1) is 8.61. The molecule has 0 fully saturated rings. The van der Waals surface area contributed by atoms with E-state index in [0.29, 0.717) is 0 Å².